The van der Waals surface area contributed by atoms with Crippen LogP contribution in [0.2, 0.25) is 0 Å². The van der Waals surface area contributed by atoms with Gasteiger partial charge in [-0.25, -0.2) is 0 Å². The first-order chi connectivity index (χ1) is 10.6. The van der Waals surface area contributed by atoms with E-state index in [0.717, 1.165) is 23.1 Å². The van der Waals surface area contributed by atoms with Crippen molar-refractivity contribution in [1.29, 1.82) is 0 Å². The van der Waals surface area contributed by atoms with Crippen LogP contribution in [0.3, 0.4) is 0 Å². The largest absolute Gasteiger partial charge is 0.491 e. The maximum Gasteiger partial charge on any atom is 0.220 e. The molecule has 0 heterocycles. The minimum atomic E-state index is 0.196. The molecule has 3 rings (SSSR count). The topological polar surface area (TPSA) is 38.3 Å². The van der Waals surface area contributed by atoms with Crippen LogP contribution >= 0.6 is 0 Å². The van der Waals surface area contributed by atoms with Crippen LogP contribution in [0.25, 0.3) is 0 Å². The van der Waals surface area contributed by atoms with E-state index in [0.29, 0.717) is 25.5 Å². The molecule has 2 saturated carbocycles. The quantitative estimate of drug-likeness (QED) is 0.815. The lowest BCUT2D eigenvalue weighted by Gasteiger charge is -2.20. The molecule has 0 radical (unpaired) electrons. The van der Waals surface area contributed by atoms with Crippen molar-refractivity contribution in [2.24, 2.45) is 17.8 Å². The highest BCUT2D eigenvalue weighted by atomic mass is 16.5. The van der Waals surface area contributed by atoms with Crippen LogP contribution < -0.4 is 10.1 Å². The fraction of sp³-hybridized carbons (Fsp3) is 0.632. The van der Waals surface area contributed by atoms with Gasteiger partial charge in [0.15, 0.2) is 0 Å². The van der Waals surface area contributed by atoms with Gasteiger partial charge >= 0.3 is 0 Å². The Kier molecular flexibility index (Phi) is 4.70. The van der Waals surface area contributed by atoms with E-state index in [4.69, 9.17) is 4.74 Å². The zero-order chi connectivity index (χ0) is 15.5. The van der Waals surface area contributed by atoms with E-state index >= 15 is 0 Å². The van der Waals surface area contributed by atoms with Crippen molar-refractivity contribution in [3.05, 3.63) is 29.3 Å². The standard InChI is InChI=1S/C19H27NO2/c1-13-3-6-18(14(2)9-13)22-8-7-20-19(21)12-17-11-15-4-5-16(17)10-15/h3,6,9,15-17H,4-5,7-8,10-12H2,1-2H3,(H,20,21)/t15-,16+,17-/m0/s1. The molecule has 120 valence electrons. The number of rotatable bonds is 6. The molecular weight excluding hydrogens is 274 g/mol. The Balaban J connectivity index is 1.35. The first kappa shape index (κ1) is 15.4. The Labute approximate surface area is 133 Å². The molecule has 22 heavy (non-hydrogen) atoms. The van der Waals surface area contributed by atoms with Crippen molar-refractivity contribution >= 4 is 5.91 Å². The lowest BCUT2D eigenvalue weighted by molar-refractivity contribution is -0.122. The number of amides is 1. The SMILES string of the molecule is Cc1ccc(OCCNC(=O)C[C@@H]2C[C@H]3CC[C@@H]2C3)c(C)c1. The smallest absolute Gasteiger partial charge is 0.220 e. The van der Waals surface area contributed by atoms with Crippen LogP contribution in [-0.4, -0.2) is 19.1 Å². The van der Waals surface area contributed by atoms with Crippen molar-refractivity contribution in [2.45, 2.75) is 46.0 Å². The van der Waals surface area contributed by atoms with E-state index < -0.39 is 0 Å². The molecule has 3 nitrogen and oxygen atoms in total. The minimum absolute atomic E-state index is 0.196. The molecule has 2 aliphatic carbocycles. The third kappa shape index (κ3) is 3.63. The van der Waals surface area contributed by atoms with Gasteiger partial charge < -0.3 is 10.1 Å². The van der Waals surface area contributed by atoms with Crippen LogP contribution in [-0.2, 0) is 4.79 Å². The number of hydrogen-bond acceptors (Lipinski definition) is 2. The van der Waals surface area contributed by atoms with Crippen molar-refractivity contribution in [3.8, 4) is 5.75 Å². The molecule has 2 bridgehead atoms. The third-order valence-electron chi connectivity index (χ3n) is 5.34. The van der Waals surface area contributed by atoms with Crippen LogP contribution in [0.5, 0.6) is 5.75 Å². The van der Waals surface area contributed by atoms with Crippen LogP contribution in [0, 0.1) is 31.6 Å². The van der Waals surface area contributed by atoms with Gasteiger partial charge in [-0.2, -0.15) is 0 Å². The lowest BCUT2D eigenvalue weighted by Crippen LogP contribution is -2.30. The van der Waals surface area contributed by atoms with Gasteiger partial charge in [-0.1, -0.05) is 24.1 Å². The molecule has 1 N–H and O–H groups in total. The Morgan fingerprint density at radius 1 is 1.27 bits per heavy atom. The van der Waals surface area contributed by atoms with E-state index in [9.17, 15) is 4.79 Å². The molecule has 0 spiro atoms. The summed E-state index contributed by atoms with van der Waals surface area (Å²) in [5, 5.41) is 3.01. The lowest BCUT2D eigenvalue weighted by atomic mass is 9.86. The van der Waals surface area contributed by atoms with Gasteiger partial charge in [0, 0.05) is 6.42 Å². The monoisotopic (exact) mass is 301 g/mol. The maximum absolute atomic E-state index is 12.0. The highest BCUT2D eigenvalue weighted by Crippen LogP contribution is 2.49. The van der Waals surface area contributed by atoms with Gasteiger partial charge in [-0.3, -0.25) is 4.79 Å². The van der Waals surface area contributed by atoms with Gasteiger partial charge in [0.25, 0.3) is 0 Å². The number of carbonyl (C=O) groups excluding carboxylic acids is 1. The summed E-state index contributed by atoms with van der Waals surface area (Å²) < 4.78 is 5.75. The van der Waals surface area contributed by atoms with Crippen LogP contribution in [0.15, 0.2) is 18.2 Å². The van der Waals surface area contributed by atoms with Gasteiger partial charge in [0.05, 0.1) is 6.54 Å². The second-order valence-corrected chi connectivity index (χ2v) is 7.11. The van der Waals surface area contributed by atoms with E-state index in [2.05, 4.69) is 31.3 Å². The molecule has 0 aromatic heterocycles. The summed E-state index contributed by atoms with van der Waals surface area (Å²) in [6.45, 7) is 5.25. The van der Waals surface area contributed by atoms with Crippen LogP contribution in [0.1, 0.15) is 43.2 Å². The number of fused-ring (bicyclic) bond motifs is 2. The second-order valence-electron chi connectivity index (χ2n) is 7.11. The van der Waals surface area contributed by atoms with E-state index in [-0.39, 0.29) is 5.91 Å². The zero-order valence-corrected chi connectivity index (χ0v) is 13.7. The Morgan fingerprint density at radius 2 is 2.14 bits per heavy atom. The fourth-order valence-electron chi connectivity index (χ4n) is 4.25. The number of nitrogens with one attached hydrogen (secondary N) is 1. The molecule has 3 atom stereocenters. The molecule has 1 aromatic carbocycles. The first-order valence-corrected chi connectivity index (χ1v) is 8.58. The summed E-state index contributed by atoms with van der Waals surface area (Å²) in [4.78, 5) is 12.0. The second kappa shape index (κ2) is 6.72. The molecule has 0 aliphatic heterocycles. The molecule has 0 unspecified atom stereocenters. The van der Waals surface area contributed by atoms with Gasteiger partial charge in [-0.15, -0.1) is 0 Å². The summed E-state index contributed by atoms with van der Waals surface area (Å²) in [5.74, 6) is 3.48. The molecule has 1 amide bonds. The number of benzene rings is 1. The van der Waals surface area contributed by atoms with Crippen LogP contribution in [0.4, 0.5) is 0 Å². The number of aryl methyl sites for hydroxylation is 2. The first-order valence-electron chi connectivity index (χ1n) is 8.58. The summed E-state index contributed by atoms with van der Waals surface area (Å²) in [6, 6.07) is 6.17. The number of carbonyl (C=O) groups is 1. The normalized spacial score (nSPS) is 26.2. The summed E-state index contributed by atoms with van der Waals surface area (Å²) in [6.07, 6.45) is 6.10. The fourth-order valence-corrected chi connectivity index (χ4v) is 4.25. The molecular formula is C19H27NO2. The Hall–Kier alpha value is -1.51. The summed E-state index contributed by atoms with van der Waals surface area (Å²) in [7, 11) is 0. The molecule has 2 aliphatic rings. The summed E-state index contributed by atoms with van der Waals surface area (Å²) >= 11 is 0. The van der Waals surface area contributed by atoms with Crippen molar-refractivity contribution < 1.29 is 9.53 Å². The van der Waals surface area contributed by atoms with Crippen molar-refractivity contribution in [3.63, 3.8) is 0 Å². The number of hydrogen-bond donors (Lipinski definition) is 1. The van der Waals surface area contributed by atoms with E-state index in [1.807, 2.05) is 6.07 Å². The molecule has 2 fully saturated rings. The zero-order valence-electron chi connectivity index (χ0n) is 13.7. The average Bonchev–Trinajstić information content (AvgIpc) is 3.08. The van der Waals surface area contributed by atoms with Crippen molar-refractivity contribution in [2.75, 3.05) is 13.2 Å². The van der Waals surface area contributed by atoms with Gasteiger partial charge in [0.2, 0.25) is 5.91 Å². The number of ether oxygens (including phenoxy) is 1. The third-order valence-corrected chi connectivity index (χ3v) is 5.34. The van der Waals surface area contributed by atoms with Crippen molar-refractivity contribution in [1.82, 2.24) is 5.32 Å². The maximum atomic E-state index is 12.0. The minimum Gasteiger partial charge on any atom is -0.491 e. The van der Waals surface area contributed by atoms with Gasteiger partial charge in [0.1, 0.15) is 12.4 Å². The highest BCUT2D eigenvalue weighted by molar-refractivity contribution is 5.76. The predicted octanol–water partition coefficient (Wildman–Crippen LogP) is 3.62. The molecule has 3 heteroatoms. The van der Waals surface area contributed by atoms with E-state index in [1.54, 1.807) is 0 Å². The predicted molar refractivity (Wildman–Crippen MR) is 88.0 cm³/mol. The highest BCUT2D eigenvalue weighted by Gasteiger charge is 2.39. The Bertz CT molecular complexity index is 540. The van der Waals surface area contributed by atoms with Gasteiger partial charge in [-0.05, 0) is 62.5 Å². The molecule has 1 aromatic rings. The molecule has 0 saturated heterocycles. The van der Waals surface area contributed by atoms with E-state index in [1.165, 1.54) is 31.2 Å². The summed E-state index contributed by atoms with van der Waals surface area (Å²) in [5.41, 5.74) is 2.39. The average molecular weight is 301 g/mol. The Morgan fingerprint density at radius 3 is 2.82 bits per heavy atom.